The third-order valence-electron chi connectivity index (χ3n) is 3.67. The Bertz CT molecular complexity index is 694. The van der Waals surface area contributed by atoms with Crippen molar-refractivity contribution in [2.45, 2.75) is 25.2 Å². The summed E-state index contributed by atoms with van der Waals surface area (Å²) in [7, 11) is 0. The Morgan fingerprint density at radius 1 is 1.17 bits per heavy atom. The van der Waals surface area contributed by atoms with Crippen LogP contribution in [0.25, 0.3) is 0 Å². The van der Waals surface area contributed by atoms with Gasteiger partial charge in [-0.05, 0) is 30.2 Å². The van der Waals surface area contributed by atoms with Gasteiger partial charge in [0.25, 0.3) is 0 Å². The second kappa shape index (κ2) is 8.50. The maximum Gasteiger partial charge on any atom is 0.306 e. The first kappa shape index (κ1) is 17.2. The van der Waals surface area contributed by atoms with E-state index in [2.05, 4.69) is 22.0 Å². The third kappa shape index (κ3) is 4.67. The minimum absolute atomic E-state index is 0.178. The lowest BCUT2D eigenvalue weighted by Gasteiger charge is -2.22. The number of esters is 1. The van der Waals surface area contributed by atoms with Crippen LogP contribution in [0.5, 0.6) is 0 Å². The number of nitriles is 1. The summed E-state index contributed by atoms with van der Waals surface area (Å²) in [6, 6.07) is 19.7. The molecule has 2 aromatic rings. The van der Waals surface area contributed by atoms with Crippen molar-refractivity contribution in [1.29, 1.82) is 5.26 Å². The lowest BCUT2D eigenvalue weighted by Crippen LogP contribution is -2.16. The molecule has 0 amide bonds. The second-order valence-electron chi connectivity index (χ2n) is 5.19. The lowest BCUT2D eigenvalue weighted by molar-refractivity contribution is -0.143. The van der Waals surface area contributed by atoms with Crippen LogP contribution in [0, 0.1) is 11.3 Å². The zero-order chi connectivity index (χ0) is 16.7. The molecule has 0 spiro atoms. The van der Waals surface area contributed by atoms with E-state index in [-0.39, 0.29) is 18.3 Å². The maximum absolute atomic E-state index is 12.0. The molecule has 0 saturated heterocycles. The molecule has 2 aromatic carbocycles. The Morgan fingerprint density at radius 3 is 2.48 bits per heavy atom. The molecule has 23 heavy (non-hydrogen) atoms. The van der Waals surface area contributed by atoms with Gasteiger partial charge in [0.2, 0.25) is 0 Å². The Hall–Kier alpha value is -2.12. The topological polar surface area (TPSA) is 50.1 Å². The van der Waals surface area contributed by atoms with E-state index in [0.29, 0.717) is 6.61 Å². The molecule has 3 nitrogen and oxygen atoms in total. The van der Waals surface area contributed by atoms with E-state index < -0.39 is 5.92 Å². The first-order valence-electron chi connectivity index (χ1n) is 7.51. The van der Waals surface area contributed by atoms with Gasteiger partial charge in [-0.3, -0.25) is 4.79 Å². The summed E-state index contributed by atoms with van der Waals surface area (Å²) in [6.07, 6.45) is 0.178. The molecule has 0 saturated carbocycles. The molecule has 2 unspecified atom stereocenters. The van der Waals surface area contributed by atoms with Gasteiger partial charge in [-0.15, -0.1) is 0 Å². The molecule has 0 N–H and O–H groups in total. The normalized spacial score (nSPS) is 12.9. The van der Waals surface area contributed by atoms with Gasteiger partial charge in [-0.1, -0.05) is 58.4 Å². The van der Waals surface area contributed by atoms with E-state index in [1.165, 1.54) is 0 Å². The Morgan fingerprint density at radius 2 is 1.87 bits per heavy atom. The maximum atomic E-state index is 12.0. The van der Waals surface area contributed by atoms with Crippen LogP contribution in [0.1, 0.15) is 36.3 Å². The highest BCUT2D eigenvalue weighted by atomic mass is 79.9. The summed E-state index contributed by atoms with van der Waals surface area (Å²) in [6.45, 7) is 2.12. The predicted octanol–water partition coefficient (Wildman–Crippen LogP) is 4.79. The van der Waals surface area contributed by atoms with Crippen molar-refractivity contribution >= 4 is 21.9 Å². The molecule has 0 aliphatic carbocycles. The molecule has 0 heterocycles. The van der Waals surface area contributed by atoms with Crippen LogP contribution < -0.4 is 0 Å². The van der Waals surface area contributed by atoms with E-state index in [9.17, 15) is 10.1 Å². The van der Waals surface area contributed by atoms with Crippen molar-refractivity contribution in [3.8, 4) is 6.07 Å². The number of carbonyl (C=O) groups is 1. The molecule has 118 valence electrons. The average molecular weight is 372 g/mol. The van der Waals surface area contributed by atoms with Crippen molar-refractivity contribution in [2.24, 2.45) is 0 Å². The zero-order valence-electron chi connectivity index (χ0n) is 12.9. The fourth-order valence-corrected chi connectivity index (χ4v) is 3.04. The summed E-state index contributed by atoms with van der Waals surface area (Å²) in [5, 5.41) is 9.71. The first-order chi connectivity index (χ1) is 11.2. The summed E-state index contributed by atoms with van der Waals surface area (Å²) in [5.74, 6) is -0.942. The van der Waals surface area contributed by atoms with Crippen molar-refractivity contribution in [1.82, 2.24) is 0 Å². The van der Waals surface area contributed by atoms with Crippen LogP contribution in [0.15, 0.2) is 59.1 Å². The number of nitrogens with zero attached hydrogens (tertiary/aromatic N) is 1. The molecule has 0 bridgehead atoms. The summed E-state index contributed by atoms with van der Waals surface area (Å²) < 4.78 is 6.02. The van der Waals surface area contributed by atoms with Crippen molar-refractivity contribution in [2.75, 3.05) is 6.61 Å². The number of carbonyl (C=O) groups excluding carboxylic acids is 1. The third-order valence-corrected chi connectivity index (χ3v) is 4.16. The van der Waals surface area contributed by atoms with Gasteiger partial charge in [-0.2, -0.15) is 5.26 Å². The second-order valence-corrected chi connectivity index (χ2v) is 6.10. The number of ether oxygens (including phenoxy) is 1. The van der Waals surface area contributed by atoms with E-state index in [1.54, 1.807) is 6.92 Å². The number of benzene rings is 2. The van der Waals surface area contributed by atoms with Gasteiger partial charge in [0.15, 0.2) is 0 Å². The fraction of sp³-hybridized carbons (Fsp3) is 0.263. The molecule has 2 rings (SSSR count). The molecule has 4 heteroatoms. The Balaban J connectivity index is 2.39. The van der Waals surface area contributed by atoms with E-state index in [1.807, 2.05) is 54.6 Å². The van der Waals surface area contributed by atoms with Crippen molar-refractivity contribution in [3.05, 3.63) is 70.2 Å². The largest absolute Gasteiger partial charge is 0.466 e. The van der Waals surface area contributed by atoms with Gasteiger partial charge in [0.1, 0.15) is 0 Å². The minimum atomic E-state index is -0.407. The molecule has 0 aromatic heterocycles. The lowest BCUT2D eigenvalue weighted by atomic mass is 9.80. The molecule has 0 radical (unpaired) electrons. The van der Waals surface area contributed by atoms with E-state index >= 15 is 0 Å². The smallest absolute Gasteiger partial charge is 0.306 e. The molecule has 0 aliphatic heterocycles. The van der Waals surface area contributed by atoms with Crippen LogP contribution in [0.3, 0.4) is 0 Å². The zero-order valence-corrected chi connectivity index (χ0v) is 14.5. The van der Waals surface area contributed by atoms with Crippen LogP contribution >= 0.6 is 15.9 Å². The number of hydrogen-bond donors (Lipinski definition) is 0. The van der Waals surface area contributed by atoms with Gasteiger partial charge < -0.3 is 4.74 Å². The Kier molecular flexibility index (Phi) is 6.37. The van der Waals surface area contributed by atoms with E-state index in [0.717, 1.165) is 15.6 Å². The number of halogens is 1. The van der Waals surface area contributed by atoms with Gasteiger partial charge in [0.05, 0.1) is 25.0 Å². The van der Waals surface area contributed by atoms with Crippen molar-refractivity contribution < 1.29 is 9.53 Å². The molecule has 0 aliphatic rings. The van der Waals surface area contributed by atoms with Crippen molar-refractivity contribution in [3.63, 3.8) is 0 Å². The molecule has 2 atom stereocenters. The first-order valence-corrected chi connectivity index (χ1v) is 8.30. The predicted molar refractivity (Wildman–Crippen MR) is 92.9 cm³/mol. The van der Waals surface area contributed by atoms with Crippen LogP contribution in [-0.2, 0) is 9.53 Å². The molecular weight excluding hydrogens is 354 g/mol. The van der Waals surface area contributed by atoms with Crippen LogP contribution in [0.4, 0.5) is 0 Å². The fourth-order valence-electron chi connectivity index (χ4n) is 2.62. The minimum Gasteiger partial charge on any atom is -0.466 e. The number of rotatable bonds is 6. The highest BCUT2D eigenvalue weighted by Gasteiger charge is 2.28. The van der Waals surface area contributed by atoms with Crippen LogP contribution in [-0.4, -0.2) is 12.6 Å². The average Bonchev–Trinajstić information content (AvgIpc) is 2.56. The summed E-state index contributed by atoms with van der Waals surface area (Å²) in [4.78, 5) is 12.0. The van der Waals surface area contributed by atoms with Crippen LogP contribution in [0.2, 0.25) is 0 Å². The molecular formula is C19H18BrNO2. The van der Waals surface area contributed by atoms with E-state index in [4.69, 9.17) is 4.74 Å². The Labute approximate surface area is 145 Å². The van der Waals surface area contributed by atoms with Gasteiger partial charge in [-0.25, -0.2) is 0 Å². The monoisotopic (exact) mass is 371 g/mol. The standard InChI is InChI=1S/C19H18BrNO2/c1-2-23-19(22)12-17(15-9-6-10-16(20)11-15)18(13-21)14-7-4-3-5-8-14/h3-11,17-18H,2,12H2,1H3. The number of hydrogen-bond acceptors (Lipinski definition) is 3. The summed E-state index contributed by atoms with van der Waals surface area (Å²) in [5.41, 5.74) is 1.85. The van der Waals surface area contributed by atoms with Gasteiger partial charge >= 0.3 is 5.97 Å². The quantitative estimate of drug-likeness (QED) is 0.685. The highest BCUT2D eigenvalue weighted by Crippen LogP contribution is 2.36. The summed E-state index contributed by atoms with van der Waals surface area (Å²) >= 11 is 3.46. The molecule has 0 fully saturated rings. The highest BCUT2D eigenvalue weighted by molar-refractivity contribution is 9.10. The SMILES string of the molecule is CCOC(=O)CC(c1cccc(Br)c1)C(C#N)c1ccccc1. The van der Waals surface area contributed by atoms with Gasteiger partial charge in [0, 0.05) is 10.4 Å².